The molecule has 2 aromatic heterocycles. The molecule has 0 atom stereocenters. The van der Waals surface area contributed by atoms with Crippen LogP contribution < -0.4 is 0 Å². The molecule has 2 heterocycles. The summed E-state index contributed by atoms with van der Waals surface area (Å²) in [7, 11) is 1.60. The maximum absolute atomic E-state index is 11.0. The van der Waals surface area contributed by atoms with E-state index in [9.17, 15) is 10.1 Å². The zero-order valence-electron chi connectivity index (χ0n) is 10.5. The fourth-order valence-electron chi connectivity index (χ4n) is 1.67. The Bertz CT molecular complexity index is 681. The average molecular weight is 260 g/mol. The van der Waals surface area contributed by atoms with Gasteiger partial charge in [0.25, 0.3) is 0 Å². The van der Waals surface area contributed by atoms with Gasteiger partial charge in [0, 0.05) is 7.05 Å². The fraction of sp³-hybridized carbons (Fsp3) is 0.182. The molecule has 0 aliphatic rings. The Balaban J connectivity index is 2.62. The van der Waals surface area contributed by atoms with Crippen LogP contribution in [0.25, 0.3) is 17.1 Å². The SMILES string of the molecule is C=Nc1nc(-c2nn(C)cc2[N+](=O)[O-])[nH]c1C(=C)C. The third kappa shape index (κ3) is 2.15. The topological polar surface area (TPSA) is 102 Å². The Kier molecular flexibility index (Phi) is 2.99. The molecule has 0 radical (unpaired) electrons. The normalized spacial score (nSPS) is 10.4. The van der Waals surface area contributed by atoms with Crippen LogP contribution in [-0.4, -0.2) is 31.4 Å². The Morgan fingerprint density at radius 1 is 1.63 bits per heavy atom. The zero-order valence-corrected chi connectivity index (χ0v) is 10.5. The first-order valence-corrected chi connectivity index (χ1v) is 5.35. The van der Waals surface area contributed by atoms with E-state index in [4.69, 9.17) is 0 Å². The van der Waals surface area contributed by atoms with Crippen molar-refractivity contribution in [3.05, 3.63) is 28.6 Å². The van der Waals surface area contributed by atoms with Crippen LogP contribution in [0.1, 0.15) is 12.6 Å². The van der Waals surface area contributed by atoms with Crippen molar-refractivity contribution in [2.45, 2.75) is 6.92 Å². The lowest BCUT2D eigenvalue weighted by molar-refractivity contribution is -0.384. The minimum atomic E-state index is -0.508. The summed E-state index contributed by atoms with van der Waals surface area (Å²) in [6, 6.07) is 0. The van der Waals surface area contributed by atoms with Gasteiger partial charge in [0.15, 0.2) is 11.6 Å². The molecule has 0 spiro atoms. The molecule has 0 bridgehead atoms. The van der Waals surface area contributed by atoms with E-state index in [0.717, 1.165) is 0 Å². The van der Waals surface area contributed by atoms with E-state index in [1.165, 1.54) is 10.9 Å². The first-order valence-electron chi connectivity index (χ1n) is 5.35. The van der Waals surface area contributed by atoms with Crippen molar-refractivity contribution in [1.82, 2.24) is 19.7 Å². The third-order valence-electron chi connectivity index (χ3n) is 2.49. The minimum absolute atomic E-state index is 0.125. The molecule has 8 nitrogen and oxygen atoms in total. The molecule has 0 unspecified atom stereocenters. The van der Waals surface area contributed by atoms with Gasteiger partial charge < -0.3 is 4.98 Å². The van der Waals surface area contributed by atoms with Crippen molar-refractivity contribution in [1.29, 1.82) is 0 Å². The first-order chi connectivity index (χ1) is 8.93. The Morgan fingerprint density at radius 3 is 2.79 bits per heavy atom. The van der Waals surface area contributed by atoms with Crippen LogP contribution in [0, 0.1) is 10.1 Å². The molecule has 19 heavy (non-hydrogen) atoms. The van der Waals surface area contributed by atoms with Crippen LogP contribution in [0.2, 0.25) is 0 Å². The summed E-state index contributed by atoms with van der Waals surface area (Å²) in [5.74, 6) is 0.621. The number of hydrogen-bond acceptors (Lipinski definition) is 5. The standard InChI is InChI=1S/C11H12N6O2/c1-6(2)8-10(12-3)14-11(13-8)9-7(17(18)19)5-16(4)15-9/h5H,1,3H2,2,4H3,(H,13,14). The molecule has 2 aromatic rings. The Morgan fingerprint density at radius 2 is 2.32 bits per heavy atom. The monoisotopic (exact) mass is 260 g/mol. The smallest absolute Gasteiger partial charge is 0.318 e. The molecule has 1 N–H and O–H groups in total. The Labute approximate surface area is 108 Å². The number of rotatable bonds is 4. The van der Waals surface area contributed by atoms with Gasteiger partial charge in [0.1, 0.15) is 6.20 Å². The molecule has 0 aliphatic carbocycles. The number of aryl methyl sites for hydroxylation is 1. The molecule has 0 aromatic carbocycles. The lowest BCUT2D eigenvalue weighted by Gasteiger charge is -1.93. The predicted octanol–water partition coefficient (Wildman–Crippen LogP) is 2.08. The van der Waals surface area contributed by atoms with Gasteiger partial charge in [0.05, 0.1) is 10.6 Å². The third-order valence-corrected chi connectivity index (χ3v) is 2.49. The maximum Gasteiger partial charge on any atom is 0.318 e. The summed E-state index contributed by atoms with van der Waals surface area (Å²) in [4.78, 5) is 21.3. The van der Waals surface area contributed by atoms with Crippen molar-refractivity contribution < 1.29 is 4.92 Å². The van der Waals surface area contributed by atoms with Gasteiger partial charge >= 0.3 is 5.69 Å². The van der Waals surface area contributed by atoms with E-state index in [1.807, 2.05) is 0 Å². The van der Waals surface area contributed by atoms with Gasteiger partial charge in [0.2, 0.25) is 5.69 Å². The van der Waals surface area contributed by atoms with E-state index >= 15 is 0 Å². The maximum atomic E-state index is 11.0. The van der Waals surface area contributed by atoms with E-state index in [1.54, 1.807) is 14.0 Å². The van der Waals surface area contributed by atoms with Gasteiger partial charge in [-0.3, -0.25) is 14.8 Å². The number of aromatic nitrogens is 4. The van der Waals surface area contributed by atoms with Crippen LogP contribution in [0.15, 0.2) is 17.8 Å². The summed E-state index contributed by atoms with van der Waals surface area (Å²) in [5, 5.41) is 15.0. The van der Waals surface area contributed by atoms with E-state index in [0.29, 0.717) is 17.1 Å². The lowest BCUT2D eigenvalue weighted by Crippen LogP contribution is -1.91. The summed E-state index contributed by atoms with van der Waals surface area (Å²) < 4.78 is 1.36. The van der Waals surface area contributed by atoms with Gasteiger partial charge in [-0.1, -0.05) is 6.58 Å². The fourth-order valence-corrected chi connectivity index (χ4v) is 1.67. The molecular formula is C11H12N6O2. The lowest BCUT2D eigenvalue weighted by atomic mass is 10.2. The molecule has 0 saturated heterocycles. The molecular weight excluding hydrogens is 248 g/mol. The highest BCUT2D eigenvalue weighted by Gasteiger charge is 2.24. The van der Waals surface area contributed by atoms with Crippen molar-refractivity contribution >= 4 is 23.8 Å². The van der Waals surface area contributed by atoms with E-state index in [2.05, 4.69) is 33.4 Å². The molecule has 98 valence electrons. The number of imidazole rings is 1. The second-order valence-electron chi connectivity index (χ2n) is 4.02. The zero-order chi connectivity index (χ0) is 14.2. The highest BCUT2D eigenvalue weighted by atomic mass is 16.6. The summed E-state index contributed by atoms with van der Waals surface area (Å²) >= 11 is 0. The molecule has 0 saturated carbocycles. The van der Waals surface area contributed by atoms with E-state index < -0.39 is 4.92 Å². The van der Waals surface area contributed by atoms with Gasteiger partial charge in [-0.25, -0.2) is 9.98 Å². The van der Waals surface area contributed by atoms with Crippen molar-refractivity contribution in [3.63, 3.8) is 0 Å². The molecule has 8 heteroatoms. The largest absolute Gasteiger partial charge is 0.335 e. The first kappa shape index (κ1) is 12.7. The van der Waals surface area contributed by atoms with Crippen LogP contribution in [0.3, 0.4) is 0 Å². The number of H-pyrrole nitrogens is 1. The number of aromatic amines is 1. The molecule has 0 aliphatic heterocycles. The van der Waals surface area contributed by atoms with Crippen LogP contribution in [-0.2, 0) is 7.05 Å². The van der Waals surface area contributed by atoms with Crippen molar-refractivity contribution in [2.75, 3.05) is 0 Å². The highest BCUT2D eigenvalue weighted by molar-refractivity contribution is 5.73. The molecule has 2 rings (SSSR count). The van der Waals surface area contributed by atoms with Crippen molar-refractivity contribution in [2.24, 2.45) is 12.0 Å². The van der Waals surface area contributed by atoms with Gasteiger partial charge in [-0.15, -0.1) is 0 Å². The molecule has 0 amide bonds. The van der Waals surface area contributed by atoms with Crippen LogP contribution in [0.5, 0.6) is 0 Å². The summed E-state index contributed by atoms with van der Waals surface area (Å²) in [6.45, 7) is 8.97. The number of nitrogens with one attached hydrogen (secondary N) is 1. The predicted molar refractivity (Wildman–Crippen MR) is 71.4 cm³/mol. The van der Waals surface area contributed by atoms with E-state index in [-0.39, 0.29) is 17.2 Å². The quantitative estimate of drug-likeness (QED) is 0.516. The van der Waals surface area contributed by atoms with Crippen molar-refractivity contribution in [3.8, 4) is 11.5 Å². The number of aliphatic imine (C=N–C) groups is 1. The second-order valence-corrected chi connectivity index (χ2v) is 4.02. The summed E-state index contributed by atoms with van der Waals surface area (Å²) in [5.41, 5.74) is 1.33. The summed E-state index contributed by atoms with van der Waals surface area (Å²) in [6.07, 6.45) is 1.32. The Hall–Kier alpha value is -2.77. The molecule has 0 fully saturated rings. The average Bonchev–Trinajstić information content (AvgIpc) is 2.91. The second kappa shape index (κ2) is 4.48. The van der Waals surface area contributed by atoms with Gasteiger partial charge in [-0.2, -0.15) is 5.10 Å². The van der Waals surface area contributed by atoms with Crippen LogP contribution in [0.4, 0.5) is 11.5 Å². The number of hydrogen-bond donors (Lipinski definition) is 1. The number of nitro groups is 1. The van der Waals surface area contributed by atoms with Crippen LogP contribution >= 0.6 is 0 Å². The highest BCUT2D eigenvalue weighted by Crippen LogP contribution is 2.30. The van der Waals surface area contributed by atoms with Gasteiger partial charge in [-0.05, 0) is 19.2 Å². The number of allylic oxidation sites excluding steroid dienone is 1. The number of nitrogens with zero attached hydrogens (tertiary/aromatic N) is 5. The minimum Gasteiger partial charge on any atom is -0.335 e.